The van der Waals surface area contributed by atoms with Crippen molar-refractivity contribution in [3.63, 3.8) is 0 Å². The van der Waals surface area contributed by atoms with E-state index in [4.69, 9.17) is 10.5 Å². The Labute approximate surface area is 142 Å². The predicted octanol–water partition coefficient (Wildman–Crippen LogP) is 0.872. The molecule has 1 amide bonds. The van der Waals surface area contributed by atoms with Crippen LogP contribution in [0.25, 0.3) is 0 Å². The van der Waals surface area contributed by atoms with Gasteiger partial charge in [0.15, 0.2) is 6.10 Å². The molecule has 2 aliphatic heterocycles. The second-order valence-corrected chi connectivity index (χ2v) is 6.62. The van der Waals surface area contributed by atoms with Crippen molar-refractivity contribution in [2.75, 3.05) is 5.75 Å². The number of β-lactam (4-membered cyclic amide) rings is 1. The zero-order chi connectivity index (χ0) is 17.4. The summed E-state index contributed by atoms with van der Waals surface area (Å²) < 4.78 is 5.38. The highest BCUT2D eigenvalue weighted by molar-refractivity contribution is 8.00. The molecule has 0 spiro atoms. The summed E-state index contributed by atoms with van der Waals surface area (Å²) in [5.41, 5.74) is 6.63. The third-order valence-corrected chi connectivity index (χ3v) is 5.27. The Hall–Kier alpha value is -2.32. The summed E-state index contributed by atoms with van der Waals surface area (Å²) >= 11 is 1.37. The van der Waals surface area contributed by atoms with Gasteiger partial charge < -0.3 is 15.6 Å². The van der Waals surface area contributed by atoms with Gasteiger partial charge in [-0.3, -0.25) is 14.5 Å². The molecule has 3 atom stereocenters. The number of thioether (sulfide) groups is 1. The molecule has 1 aromatic rings. The van der Waals surface area contributed by atoms with Crippen LogP contribution in [-0.2, 0) is 19.1 Å². The van der Waals surface area contributed by atoms with Crippen LogP contribution in [0.3, 0.4) is 0 Å². The molecule has 0 radical (unpaired) electrons. The lowest BCUT2D eigenvalue weighted by Gasteiger charge is -2.48. The maximum absolute atomic E-state index is 12.0. The van der Waals surface area contributed by atoms with Gasteiger partial charge in [-0.15, -0.1) is 11.8 Å². The molecule has 3 rings (SSSR count). The van der Waals surface area contributed by atoms with Crippen molar-refractivity contribution >= 4 is 29.6 Å². The number of rotatable bonds is 4. The highest BCUT2D eigenvalue weighted by Crippen LogP contribution is 2.43. The van der Waals surface area contributed by atoms with Crippen molar-refractivity contribution in [1.29, 1.82) is 0 Å². The zero-order valence-electron chi connectivity index (χ0n) is 12.8. The number of nitrogens with zero attached hydrogens (tertiary/aromatic N) is 1. The fourth-order valence-electron chi connectivity index (χ4n) is 2.87. The average molecular weight is 348 g/mol. The van der Waals surface area contributed by atoms with E-state index in [1.807, 2.05) is 6.07 Å². The molecule has 3 N–H and O–H groups in total. The first-order valence-corrected chi connectivity index (χ1v) is 8.35. The molecule has 1 fully saturated rings. The largest absolute Gasteiger partial charge is 0.477 e. The Morgan fingerprint density at radius 1 is 1.38 bits per heavy atom. The number of hydrogen-bond donors (Lipinski definition) is 2. The first-order valence-electron chi connectivity index (χ1n) is 7.30. The van der Waals surface area contributed by atoms with E-state index in [0.717, 1.165) is 0 Å². The summed E-state index contributed by atoms with van der Waals surface area (Å²) in [5, 5.41) is 9.23. The van der Waals surface area contributed by atoms with Gasteiger partial charge in [-0.1, -0.05) is 30.3 Å². The van der Waals surface area contributed by atoms with Crippen LogP contribution < -0.4 is 5.73 Å². The maximum Gasteiger partial charge on any atom is 0.352 e. The minimum Gasteiger partial charge on any atom is -0.477 e. The van der Waals surface area contributed by atoms with E-state index in [1.54, 1.807) is 24.3 Å². The van der Waals surface area contributed by atoms with E-state index in [1.165, 1.54) is 23.6 Å². The Morgan fingerprint density at radius 2 is 2.04 bits per heavy atom. The van der Waals surface area contributed by atoms with Crippen molar-refractivity contribution in [2.45, 2.75) is 24.4 Å². The fraction of sp³-hybridized carbons (Fsp3) is 0.312. The number of carboxylic acid groups (broad SMARTS) is 1. The van der Waals surface area contributed by atoms with Crippen LogP contribution >= 0.6 is 11.8 Å². The molecule has 2 heterocycles. The molecule has 126 valence electrons. The molecule has 0 aliphatic carbocycles. The molecule has 7 nitrogen and oxygen atoms in total. The average Bonchev–Trinajstić information content (AvgIpc) is 2.58. The van der Waals surface area contributed by atoms with Gasteiger partial charge in [0.2, 0.25) is 5.91 Å². The lowest BCUT2D eigenvalue weighted by molar-refractivity contribution is -0.149. The SMILES string of the molecule is CC(=O)OC(C1=C(C(=O)O)N2C(=O)[C@H](N)[C@H]2SC1)c1ccccc1. The first-order chi connectivity index (χ1) is 11.4. The monoisotopic (exact) mass is 348 g/mol. The standard InChI is InChI=1S/C16H16N2O5S/c1-8(19)23-13(9-5-3-2-4-6-9)10-7-24-15-11(17)14(20)18(15)12(10)16(21)22/h2-6,11,13,15H,7,17H2,1H3,(H,21,22)/t11-,13?,15+/m0/s1. The van der Waals surface area contributed by atoms with Gasteiger partial charge in [0.05, 0.1) is 0 Å². The number of carboxylic acids is 1. The highest BCUT2D eigenvalue weighted by atomic mass is 32.2. The van der Waals surface area contributed by atoms with Gasteiger partial charge in [-0.25, -0.2) is 4.79 Å². The molecule has 2 aliphatic rings. The van der Waals surface area contributed by atoms with Crippen LogP contribution in [-0.4, -0.2) is 45.0 Å². The van der Waals surface area contributed by atoms with E-state index in [-0.39, 0.29) is 11.1 Å². The van der Waals surface area contributed by atoms with Crippen LogP contribution in [0.2, 0.25) is 0 Å². The third-order valence-electron chi connectivity index (χ3n) is 3.94. The molecule has 1 unspecified atom stereocenters. The Bertz CT molecular complexity index is 733. The Balaban J connectivity index is 2.09. The first kappa shape index (κ1) is 16.5. The van der Waals surface area contributed by atoms with Crippen molar-refractivity contribution in [3.8, 4) is 0 Å². The molecular weight excluding hydrogens is 332 g/mol. The summed E-state index contributed by atoms with van der Waals surface area (Å²) in [4.78, 5) is 36.5. The highest BCUT2D eigenvalue weighted by Gasteiger charge is 2.52. The molecule has 0 aromatic heterocycles. The number of esters is 1. The van der Waals surface area contributed by atoms with Crippen LogP contribution in [0.4, 0.5) is 0 Å². The van der Waals surface area contributed by atoms with Crippen LogP contribution in [0.1, 0.15) is 18.6 Å². The van der Waals surface area contributed by atoms with E-state index >= 15 is 0 Å². The molecule has 24 heavy (non-hydrogen) atoms. The molecule has 8 heteroatoms. The lowest BCUT2D eigenvalue weighted by Crippen LogP contribution is -2.68. The number of nitrogens with two attached hydrogens (primary N) is 1. The van der Waals surface area contributed by atoms with Crippen molar-refractivity contribution in [1.82, 2.24) is 4.90 Å². The maximum atomic E-state index is 12.0. The third kappa shape index (κ3) is 2.67. The Morgan fingerprint density at radius 3 is 2.62 bits per heavy atom. The minimum atomic E-state index is -1.23. The quantitative estimate of drug-likeness (QED) is 0.614. The number of carbonyl (C=O) groups is 3. The van der Waals surface area contributed by atoms with Crippen LogP contribution in [0.5, 0.6) is 0 Å². The minimum absolute atomic E-state index is 0.138. The summed E-state index contributed by atoms with van der Waals surface area (Å²) in [7, 11) is 0. The van der Waals surface area contributed by atoms with Crippen LogP contribution in [0, 0.1) is 0 Å². The zero-order valence-corrected chi connectivity index (χ0v) is 13.7. The molecular formula is C16H16N2O5S. The number of ether oxygens (including phenoxy) is 1. The number of carbonyl (C=O) groups excluding carboxylic acids is 2. The molecule has 0 bridgehead atoms. The van der Waals surface area contributed by atoms with Gasteiger partial charge in [0.1, 0.15) is 17.1 Å². The van der Waals surface area contributed by atoms with Gasteiger partial charge in [-0.2, -0.15) is 0 Å². The van der Waals surface area contributed by atoms with Gasteiger partial charge in [-0.05, 0) is 5.56 Å². The second-order valence-electron chi connectivity index (χ2n) is 5.51. The van der Waals surface area contributed by atoms with Crippen molar-refractivity contribution < 1.29 is 24.2 Å². The summed E-state index contributed by atoms with van der Waals surface area (Å²) in [5.74, 6) is -1.88. The number of hydrogen-bond acceptors (Lipinski definition) is 6. The van der Waals surface area contributed by atoms with Crippen LogP contribution in [0.15, 0.2) is 41.6 Å². The number of aliphatic carboxylic acids is 1. The van der Waals surface area contributed by atoms with Gasteiger partial charge in [0, 0.05) is 18.2 Å². The molecule has 1 saturated heterocycles. The van der Waals surface area contributed by atoms with Gasteiger partial charge >= 0.3 is 11.9 Å². The molecule has 0 saturated carbocycles. The summed E-state index contributed by atoms with van der Waals surface area (Å²) in [6.07, 6.45) is -0.854. The topological polar surface area (TPSA) is 110 Å². The van der Waals surface area contributed by atoms with E-state index in [2.05, 4.69) is 0 Å². The Kier molecular flexibility index (Phi) is 4.33. The summed E-state index contributed by atoms with van der Waals surface area (Å²) in [6.45, 7) is 1.26. The number of amides is 1. The second kappa shape index (κ2) is 6.29. The fourth-order valence-corrected chi connectivity index (χ4v) is 4.20. The summed E-state index contributed by atoms with van der Waals surface area (Å²) in [6, 6.07) is 8.16. The number of fused-ring (bicyclic) bond motifs is 1. The van der Waals surface area contributed by atoms with Crippen molar-refractivity contribution in [2.24, 2.45) is 5.73 Å². The predicted molar refractivity (Wildman–Crippen MR) is 86.7 cm³/mol. The van der Waals surface area contributed by atoms with E-state index < -0.39 is 30.0 Å². The normalized spacial score (nSPS) is 24.1. The van der Waals surface area contributed by atoms with Crippen molar-refractivity contribution in [3.05, 3.63) is 47.2 Å². The van der Waals surface area contributed by atoms with Gasteiger partial charge in [0.25, 0.3) is 0 Å². The van der Waals surface area contributed by atoms with E-state index in [0.29, 0.717) is 16.9 Å². The lowest BCUT2D eigenvalue weighted by atomic mass is 9.97. The smallest absolute Gasteiger partial charge is 0.352 e. The molecule has 1 aromatic carbocycles. The number of benzene rings is 1. The van der Waals surface area contributed by atoms with E-state index in [9.17, 15) is 19.5 Å².